The summed E-state index contributed by atoms with van der Waals surface area (Å²) in [4.78, 5) is 16.2. The number of para-hydroxylation sites is 1. The van der Waals surface area contributed by atoms with E-state index < -0.39 is 0 Å². The second-order valence-electron chi connectivity index (χ2n) is 7.21. The highest BCUT2D eigenvalue weighted by Gasteiger charge is 2.32. The standard InChI is InChI=1S/C20H21N5O3/c1-20(2)9-14-5-3-7-17(19(14)28-20)27-13-18(26)22-10-15-12-25(24-23-15)16-6-4-8-21-11-16/h3-8,11-12H,9-10,13H2,1-2H3,(H,22,26). The first kappa shape index (κ1) is 18.0. The monoisotopic (exact) mass is 379 g/mol. The predicted molar refractivity (Wildman–Crippen MR) is 101 cm³/mol. The van der Waals surface area contributed by atoms with E-state index in [1.54, 1.807) is 23.3 Å². The Balaban J connectivity index is 1.31. The van der Waals surface area contributed by atoms with Crippen molar-refractivity contribution in [1.82, 2.24) is 25.3 Å². The van der Waals surface area contributed by atoms with Crippen LogP contribution in [-0.2, 0) is 17.8 Å². The maximum absolute atomic E-state index is 12.2. The molecule has 28 heavy (non-hydrogen) atoms. The molecule has 3 heterocycles. The molecular formula is C20H21N5O3. The Morgan fingerprint density at radius 2 is 2.21 bits per heavy atom. The van der Waals surface area contributed by atoms with Crippen molar-refractivity contribution in [2.45, 2.75) is 32.4 Å². The molecule has 0 saturated carbocycles. The topological polar surface area (TPSA) is 91.2 Å². The van der Waals surface area contributed by atoms with E-state index in [0.717, 1.165) is 23.4 Å². The Labute approximate surface area is 162 Å². The first-order chi connectivity index (χ1) is 13.5. The number of hydrogen-bond donors (Lipinski definition) is 1. The van der Waals surface area contributed by atoms with Crippen molar-refractivity contribution in [3.05, 3.63) is 60.2 Å². The van der Waals surface area contributed by atoms with Crippen molar-refractivity contribution in [2.24, 2.45) is 0 Å². The van der Waals surface area contributed by atoms with Gasteiger partial charge in [0.1, 0.15) is 11.3 Å². The number of aromatic nitrogens is 4. The molecule has 8 heteroatoms. The molecule has 144 valence electrons. The number of rotatable bonds is 6. The number of nitrogens with zero attached hydrogens (tertiary/aromatic N) is 4. The quantitative estimate of drug-likeness (QED) is 0.705. The first-order valence-corrected chi connectivity index (χ1v) is 9.02. The van der Waals surface area contributed by atoms with Crippen LogP contribution in [0.4, 0.5) is 0 Å². The zero-order chi connectivity index (χ0) is 19.6. The van der Waals surface area contributed by atoms with Gasteiger partial charge < -0.3 is 14.8 Å². The molecule has 1 aromatic carbocycles. The van der Waals surface area contributed by atoms with Crippen molar-refractivity contribution in [3.8, 4) is 17.2 Å². The fourth-order valence-electron chi connectivity index (χ4n) is 3.08. The largest absolute Gasteiger partial charge is 0.483 e. The van der Waals surface area contributed by atoms with E-state index in [1.807, 2.05) is 44.2 Å². The van der Waals surface area contributed by atoms with Gasteiger partial charge in [-0.1, -0.05) is 17.3 Å². The highest BCUT2D eigenvalue weighted by atomic mass is 16.5. The van der Waals surface area contributed by atoms with Gasteiger partial charge in [0.25, 0.3) is 5.91 Å². The second kappa shape index (κ2) is 7.30. The average molecular weight is 379 g/mol. The average Bonchev–Trinajstić information content (AvgIpc) is 3.28. The third-order valence-electron chi connectivity index (χ3n) is 4.33. The second-order valence-corrected chi connectivity index (χ2v) is 7.21. The molecule has 0 atom stereocenters. The number of fused-ring (bicyclic) bond motifs is 1. The van der Waals surface area contributed by atoms with Crippen LogP contribution in [0.1, 0.15) is 25.1 Å². The summed E-state index contributed by atoms with van der Waals surface area (Å²) in [6.07, 6.45) is 5.94. The van der Waals surface area contributed by atoms with Crippen molar-refractivity contribution < 1.29 is 14.3 Å². The minimum absolute atomic E-state index is 0.100. The Morgan fingerprint density at radius 3 is 3.04 bits per heavy atom. The highest BCUT2D eigenvalue weighted by molar-refractivity contribution is 5.77. The van der Waals surface area contributed by atoms with Crippen LogP contribution in [0.15, 0.2) is 48.9 Å². The van der Waals surface area contributed by atoms with Crippen LogP contribution in [-0.4, -0.2) is 38.1 Å². The third-order valence-corrected chi connectivity index (χ3v) is 4.33. The van der Waals surface area contributed by atoms with E-state index in [1.165, 1.54) is 0 Å². The van der Waals surface area contributed by atoms with Crippen LogP contribution in [0.2, 0.25) is 0 Å². The molecule has 2 aromatic heterocycles. The molecule has 3 aromatic rings. The van der Waals surface area contributed by atoms with Gasteiger partial charge in [-0.25, -0.2) is 4.68 Å². The molecule has 0 unspecified atom stereocenters. The molecule has 0 radical (unpaired) electrons. The number of hydrogen-bond acceptors (Lipinski definition) is 6. The molecule has 0 saturated heterocycles. The zero-order valence-electron chi connectivity index (χ0n) is 15.8. The molecule has 4 rings (SSSR count). The fraction of sp³-hybridized carbons (Fsp3) is 0.300. The summed E-state index contributed by atoms with van der Waals surface area (Å²) in [7, 11) is 0. The fourth-order valence-corrected chi connectivity index (χ4v) is 3.08. The number of carbonyl (C=O) groups excluding carboxylic acids is 1. The summed E-state index contributed by atoms with van der Waals surface area (Å²) < 4.78 is 13.2. The van der Waals surface area contributed by atoms with E-state index in [2.05, 4.69) is 20.6 Å². The van der Waals surface area contributed by atoms with Crippen molar-refractivity contribution in [2.75, 3.05) is 6.61 Å². The molecule has 1 aliphatic heterocycles. The molecule has 0 spiro atoms. The number of nitrogens with one attached hydrogen (secondary N) is 1. The van der Waals surface area contributed by atoms with Crippen LogP contribution in [0, 0.1) is 0 Å². The number of carbonyl (C=O) groups is 1. The summed E-state index contributed by atoms with van der Waals surface area (Å²) in [5.41, 5.74) is 2.28. The lowest BCUT2D eigenvalue weighted by Gasteiger charge is -2.18. The summed E-state index contributed by atoms with van der Waals surface area (Å²) >= 11 is 0. The minimum Gasteiger partial charge on any atom is -0.483 e. The summed E-state index contributed by atoms with van der Waals surface area (Å²) in [5.74, 6) is 1.06. The molecule has 1 amide bonds. The van der Waals surface area contributed by atoms with Crippen LogP contribution in [0.5, 0.6) is 11.5 Å². The normalized spacial score (nSPS) is 14.2. The van der Waals surface area contributed by atoms with Gasteiger partial charge in [0.15, 0.2) is 18.1 Å². The smallest absolute Gasteiger partial charge is 0.258 e. The predicted octanol–water partition coefficient (Wildman–Crippen LogP) is 2.07. The Morgan fingerprint density at radius 1 is 1.32 bits per heavy atom. The van der Waals surface area contributed by atoms with E-state index in [9.17, 15) is 4.79 Å². The Kier molecular flexibility index (Phi) is 4.68. The molecule has 0 aliphatic carbocycles. The van der Waals surface area contributed by atoms with Gasteiger partial charge in [-0.15, -0.1) is 5.10 Å². The van der Waals surface area contributed by atoms with Gasteiger partial charge in [-0.05, 0) is 32.0 Å². The van der Waals surface area contributed by atoms with Crippen molar-refractivity contribution in [3.63, 3.8) is 0 Å². The van der Waals surface area contributed by atoms with Gasteiger partial charge in [0.05, 0.1) is 24.6 Å². The zero-order valence-corrected chi connectivity index (χ0v) is 15.8. The van der Waals surface area contributed by atoms with E-state index in [0.29, 0.717) is 11.4 Å². The lowest BCUT2D eigenvalue weighted by molar-refractivity contribution is -0.123. The maximum Gasteiger partial charge on any atom is 0.258 e. The van der Waals surface area contributed by atoms with E-state index >= 15 is 0 Å². The molecule has 0 fully saturated rings. The number of pyridine rings is 1. The minimum atomic E-state index is -0.260. The molecule has 0 bridgehead atoms. The molecule has 1 aliphatic rings. The summed E-state index contributed by atoms with van der Waals surface area (Å²) in [6, 6.07) is 9.43. The highest BCUT2D eigenvalue weighted by Crippen LogP contribution is 2.41. The van der Waals surface area contributed by atoms with Gasteiger partial charge in [0, 0.05) is 18.2 Å². The first-order valence-electron chi connectivity index (χ1n) is 9.02. The van der Waals surface area contributed by atoms with Gasteiger partial charge in [-0.3, -0.25) is 9.78 Å². The summed E-state index contributed by atoms with van der Waals surface area (Å²) in [6.45, 7) is 4.22. The van der Waals surface area contributed by atoms with Crippen LogP contribution in [0.3, 0.4) is 0 Å². The number of amides is 1. The lowest BCUT2D eigenvalue weighted by atomic mass is 10.0. The van der Waals surface area contributed by atoms with E-state index in [4.69, 9.17) is 9.47 Å². The third kappa shape index (κ3) is 3.95. The van der Waals surface area contributed by atoms with Gasteiger partial charge in [-0.2, -0.15) is 0 Å². The molecule has 8 nitrogen and oxygen atoms in total. The van der Waals surface area contributed by atoms with Crippen molar-refractivity contribution >= 4 is 5.91 Å². The van der Waals surface area contributed by atoms with E-state index in [-0.39, 0.29) is 24.7 Å². The SMILES string of the molecule is CC1(C)Cc2cccc(OCC(=O)NCc3cn(-c4cccnc4)nn3)c2O1. The number of benzene rings is 1. The lowest BCUT2D eigenvalue weighted by Crippen LogP contribution is -2.28. The number of ether oxygens (including phenoxy) is 2. The van der Waals surface area contributed by atoms with Crippen LogP contribution in [0.25, 0.3) is 5.69 Å². The van der Waals surface area contributed by atoms with Crippen LogP contribution >= 0.6 is 0 Å². The Hall–Kier alpha value is -3.42. The molecular weight excluding hydrogens is 358 g/mol. The maximum atomic E-state index is 12.2. The molecule has 1 N–H and O–H groups in total. The van der Waals surface area contributed by atoms with Crippen LogP contribution < -0.4 is 14.8 Å². The van der Waals surface area contributed by atoms with Crippen molar-refractivity contribution in [1.29, 1.82) is 0 Å². The van der Waals surface area contributed by atoms with Gasteiger partial charge >= 0.3 is 0 Å². The van der Waals surface area contributed by atoms with Gasteiger partial charge in [0.2, 0.25) is 0 Å². The summed E-state index contributed by atoms with van der Waals surface area (Å²) in [5, 5.41) is 10.9. The Bertz CT molecular complexity index is 985.